The molecular formula is C8H19NO. The van der Waals surface area contributed by atoms with Gasteiger partial charge >= 0.3 is 0 Å². The van der Waals surface area contributed by atoms with Crippen LogP contribution in [0.1, 0.15) is 32.6 Å². The Balaban J connectivity index is 3.00. The predicted molar refractivity (Wildman–Crippen MR) is 44.0 cm³/mol. The first kappa shape index (κ1) is 9.92. The van der Waals surface area contributed by atoms with Gasteiger partial charge in [0, 0.05) is 19.8 Å². The van der Waals surface area contributed by atoms with Crippen LogP contribution in [0.15, 0.2) is 0 Å². The molecule has 0 bridgehead atoms. The minimum absolute atomic E-state index is 0.347. The van der Waals surface area contributed by atoms with Crippen molar-refractivity contribution in [3.63, 3.8) is 0 Å². The van der Waals surface area contributed by atoms with Gasteiger partial charge in [-0.3, -0.25) is 0 Å². The molecule has 0 heterocycles. The lowest BCUT2D eigenvalue weighted by Gasteiger charge is -2.08. The summed E-state index contributed by atoms with van der Waals surface area (Å²) in [5, 5.41) is 0. The second-order valence-electron chi connectivity index (χ2n) is 2.68. The molecule has 0 saturated heterocycles. The average Bonchev–Trinajstić information content (AvgIpc) is 1.97. The van der Waals surface area contributed by atoms with Crippen LogP contribution in [0.2, 0.25) is 0 Å². The Bertz CT molecular complexity index is 58.3. The largest absolute Gasteiger partial charge is 0.385 e. The highest BCUT2D eigenvalue weighted by atomic mass is 16.5. The van der Waals surface area contributed by atoms with Crippen LogP contribution < -0.4 is 5.73 Å². The Morgan fingerprint density at radius 2 is 2.10 bits per heavy atom. The zero-order valence-electron chi connectivity index (χ0n) is 7.10. The van der Waals surface area contributed by atoms with Gasteiger partial charge in [-0.15, -0.1) is 0 Å². The van der Waals surface area contributed by atoms with E-state index in [1.807, 2.05) is 0 Å². The molecule has 0 aromatic rings. The summed E-state index contributed by atoms with van der Waals surface area (Å²) in [4.78, 5) is 0. The van der Waals surface area contributed by atoms with Crippen LogP contribution in [0.25, 0.3) is 0 Å². The third-order valence-electron chi connectivity index (χ3n) is 1.62. The monoisotopic (exact) mass is 145 g/mol. The summed E-state index contributed by atoms with van der Waals surface area (Å²) < 4.78 is 4.91. The molecule has 2 nitrogen and oxygen atoms in total. The molecule has 0 fully saturated rings. The molecule has 0 rings (SSSR count). The number of nitrogens with two attached hydrogens (primary N) is 1. The Hall–Kier alpha value is -0.0800. The fraction of sp³-hybridized carbons (Fsp3) is 1.00. The summed E-state index contributed by atoms with van der Waals surface area (Å²) in [6, 6.07) is 0.347. The van der Waals surface area contributed by atoms with Crippen molar-refractivity contribution in [2.75, 3.05) is 13.7 Å². The van der Waals surface area contributed by atoms with Crippen LogP contribution in [-0.4, -0.2) is 19.8 Å². The summed E-state index contributed by atoms with van der Waals surface area (Å²) in [7, 11) is 1.71. The van der Waals surface area contributed by atoms with Crippen LogP contribution in [0.5, 0.6) is 0 Å². The minimum Gasteiger partial charge on any atom is -0.385 e. The Morgan fingerprint density at radius 3 is 2.60 bits per heavy atom. The molecule has 2 heteroatoms. The Morgan fingerprint density at radius 1 is 1.40 bits per heavy atom. The molecule has 0 aromatic carbocycles. The summed E-state index contributed by atoms with van der Waals surface area (Å²) in [5.74, 6) is 0. The van der Waals surface area contributed by atoms with Crippen LogP contribution in [-0.2, 0) is 4.74 Å². The number of methoxy groups -OCH3 is 1. The third kappa shape index (κ3) is 6.05. The van der Waals surface area contributed by atoms with Crippen molar-refractivity contribution in [1.29, 1.82) is 0 Å². The minimum atomic E-state index is 0.347. The van der Waals surface area contributed by atoms with E-state index in [4.69, 9.17) is 10.5 Å². The summed E-state index contributed by atoms with van der Waals surface area (Å²) >= 11 is 0. The Kier molecular flexibility index (Phi) is 6.98. The topological polar surface area (TPSA) is 35.2 Å². The van der Waals surface area contributed by atoms with Crippen molar-refractivity contribution in [3.05, 3.63) is 0 Å². The number of hydrogen-bond donors (Lipinski definition) is 1. The number of unbranched alkanes of at least 4 members (excludes halogenated alkanes) is 1. The van der Waals surface area contributed by atoms with Crippen molar-refractivity contribution in [1.82, 2.24) is 0 Å². The molecule has 0 aromatic heterocycles. The van der Waals surface area contributed by atoms with Crippen molar-refractivity contribution in [2.24, 2.45) is 5.73 Å². The van der Waals surface area contributed by atoms with Crippen LogP contribution in [0.4, 0.5) is 0 Å². The summed E-state index contributed by atoms with van der Waals surface area (Å²) in [6.07, 6.45) is 4.61. The maximum atomic E-state index is 5.77. The van der Waals surface area contributed by atoms with E-state index in [1.165, 1.54) is 12.8 Å². The van der Waals surface area contributed by atoms with Gasteiger partial charge in [-0.1, -0.05) is 19.8 Å². The molecular weight excluding hydrogens is 126 g/mol. The van der Waals surface area contributed by atoms with Gasteiger partial charge in [0.15, 0.2) is 0 Å². The summed E-state index contributed by atoms with van der Waals surface area (Å²) in [5.41, 5.74) is 5.77. The summed E-state index contributed by atoms with van der Waals surface area (Å²) in [6.45, 7) is 2.98. The van der Waals surface area contributed by atoms with Gasteiger partial charge in [-0.2, -0.15) is 0 Å². The zero-order chi connectivity index (χ0) is 7.82. The Labute approximate surface area is 63.7 Å². The first-order valence-corrected chi connectivity index (χ1v) is 4.05. The van der Waals surface area contributed by atoms with Gasteiger partial charge in [-0.25, -0.2) is 0 Å². The lowest BCUT2D eigenvalue weighted by atomic mass is 10.1. The van der Waals surface area contributed by atoms with Gasteiger partial charge in [0.25, 0.3) is 0 Å². The molecule has 0 saturated carbocycles. The normalized spacial score (nSPS) is 13.5. The third-order valence-corrected chi connectivity index (χ3v) is 1.62. The zero-order valence-corrected chi connectivity index (χ0v) is 7.10. The first-order chi connectivity index (χ1) is 4.81. The van der Waals surface area contributed by atoms with Crippen molar-refractivity contribution in [2.45, 2.75) is 38.6 Å². The fourth-order valence-corrected chi connectivity index (χ4v) is 0.880. The SMILES string of the molecule is CCCC[C@H](N)CCOC. The second-order valence-corrected chi connectivity index (χ2v) is 2.68. The van der Waals surface area contributed by atoms with Gasteiger partial charge in [-0.05, 0) is 12.8 Å². The smallest absolute Gasteiger partial charge is 0.0477 e. The molecule has 10 heavy (non-hydrogen) atoms. The lowest BCUT2D eigenvalue weighted by Crippen LogP contribution is -2.21. The van der Waals surface area contributed by atoms with Crippen molar-refractivity contribution < 1.29 is 4.74 Å². The lowest BCUT2D eigenvalue weighted by molar-refractivity contribution is 0.186. The van der Waals surface area contributed by atoms with Gasteiger partial charge in [0.2, 0.25) is 0 Å². The first-order valence-electron chi connectivity index (χ1n) is 4.05. The van der Waals surface area contributed by atoms with Gasteiger partial charge < -0.3 is 10.5 Å². The maximum absolute atomic E-state index is 5.77. The highest BCUT2D eigenvalue weighted by molar-refractivity contribution is 4.59. The molecule has 0 spiro atoms. The molecule has 0 aliphatic rings. The van der Waals surface area contributed by atoms with Crippen LogP contribution in [0.3, 0.4) is 0 Å². The number of hydrogen-bond acceptors (Lipinski definition) is 2. The average molecular weight is 145 g/mol. The van der Waals surface area contributed by atoms with Crippen molar-refractivity contribution >= 4 is 0 Å². The predicted octanol–water partition coefficient (Wildman–Crippen LogP) is 1.54. The van der Waals surface area contributed by atoms with Gasteiger partial charge in [0.05, 0.1) is 0 Å². The standard InChI is InChI=1S/C8H19NO/c1-3-4-5-8(9)6-7-10-2/h8H,3-7,9H2,1-2H3/t8-/m0/s1. The molecule has 1 atom stereocenters. The molecule has 0 radical (unpaired) electrons. The van der Waals surface area contributed by atoms with E-state index < -0.39 is 0 Å². The molecule has 62 valence electrons. The second kappa shape index (κ2) is 7.03. The van der Waals surface area contributed by atoms with E-state index in [2.05, 4.69) is 6.92 Å². The van der Waals surface area contributed by atoms with Gasteiger partial charge in [0.1, 0.15) is 0 Å². The van der Waals surface area contributed by atoms with Crippen molar-refractivity contribution in [3.8, 4) is 0 Å². The highest BCUT2D eigenvalue weighted by Gasteiger charge is 1.99. The molecule has 0 aliphatic carbocycles. The molecule has 0 unspecified atom stereocenters. The number of rotatable bonds is 6. The van der Waals surface area contributed by atoms with E-state index in [0.29, 0.717) is 6.04 Å². The van der Waals surface area contributed by atoms with E-state index in [9.17, 15) is 0 Å². The fourth-order valence-electron chi connectivity index (χ4n) is 0.880. The highest BCUT2D eigenvalue weighted by Crippen LogP contribution is 2.01. The van der Waals surface area contributed by atoms with Crippen LogP contribution >= 0.6 is 0 Å². The van der Waals surface area contributed by atoms with E-state index in [0.717, 1.165) is 19.4 Å². The number of ether oxygens (including phenoxy) is 1. The van der Waals surface area contributed by atoms with E-state index >= 15 is 0 Å². The molecule has 2 N–H and O–H groups in total. The maximum Gasteiger partial charge on any atom is 0.0477 e. The van der Waals surface area contributed by atoms with Crippen LogP contribution in [0, 0.1) is 0 Å². The molecule has 0 amide bonds. The van der Waals surface area contributed by atoms with E-state index in [-0.39, 0.29) is 0 Å². The molecule has 0 aliphatic heterocycles. The quantitative estimate of drug-likeness (QED) is 0.615. The van der Waals surface area contributed by atoms with E-state index in [1.54, 1.807) is 7.11 Å².